The lowest BCUT2D eigenvalue weighted by Crippen LogP contribution is -2.34. The molecular weight excluding hydrogens is 236 g/mol. The zero-order valence-corrected chi connectivity index (χ0v) is 11.2. The molecular formula is C13H25ClN2O. The lowest BCUT2D eigenvalue weighted by Gasteiger charge is -2.23. The Morgan fingerprint density at radius 2 is 1.88 bits per heavy atom. The van der Waals surface area contributed by atoms with Crippen molar-refractivity contribution in [1.29, 1.82) is 0 Å². The molecule has 5 unspecified atom stereocenters. The van der Waals surface area contributed by atoms with Crippen molar-refractivity contribution in [2.45, 2.75) is 31.8 Å². The molecule has 0 aromatic heterocycles. The van der Waals surface area contributed by atoms with Crippen LogP contribution in [0.2, 0.25) is 0 Å². The van der Waals surface area contributed by atoms with Gasteiger partial charge in [0.1, 0.15) is 0 Å². The van der Waals surface area contributed by atoms with Gasteiger partial charge in [-0.3, -0.25) is 0 Å². The number of hydrogen-bond donors (Lipinski definition) is 3. The Bertz CT molecular complexity index is 252. The average Bonchev–Trinajstić information content (AvgIpc) is 2.96. The summed E-state index contributed by atoms with van der Waals surface area (Å²) in [5.74, 6) is 3.43. The monoisotopic (exact) mass is 260 g/mol. The van der Waals surface area contributed by atoms with E-state index in [0.29, 0.717) is 5.92 Å². The molecule has 0 aromatic rings. The lowest BCUT2D eigenvalue weighted by atomic mass is 9.89. The maximum atomic E-state index is 9.68. The summed E-state index contributed by atoms with van der Waals surface area (Å²) in [6.07, 6.45) is 5.80. The zero-order chi connectivity index (χ0) is 11.0. The standard InChI is InChI=1S/C13H24N2O.ClH/c16-13-8-15-7-12(13)6-14-5-11-4-9-1-2-10(11)3-9;/h9-16H,1-8H2;1H. The summed E-state index contributed by atoms with van der Waals surface area (Å²) in [5, 5.41) is 16.5. The predicted molar refractivity (Wildman–Crippen MR) is 71.4 cm³/mol. The minimum atomic E-state index is -0.132. The number of fused-ring (bicyclic) bond motifs is 2. The molecule has 3 N–H and O–H groups in total. The molecule has 3 rings (SSSR count). The Morgan fingerprint density at radius 3 is 2.47 bits per heavy atom. The van der Waals surface area contributed by atoms with Gasteiger partial charge in [0.25, 0.3) is 0 Å². The molecule has 2 saturated carbocycles. The molecule has 0 aromatic carbocycles. The minimum absolute atomic E-state index is 0. The summed E-state index contributed by atoms with van der Waals surface area (Å²) in [6.45, 7) is 3.93. The fraction of sp³-hybridized carbons (Fsp3) is 1.00. The summed E-state index contributed by atoms with van der Waals surface area (Å²) in [4.78, 5) is 0. The molecule has 2 aliphatic carbocycles. The molecule has 5 atom stereocenters. The zero-order valence-electron chi connectivity index (χ0n) is 10.4. The quantitative estimate of drug-likeness (QED) is 0.707. The number of rotatable bonds is 4. The first-order chi connectivity index (χ1) is 7.83. The van der Waals surface area contributed by atoms with Gasteiger partial charge in [-0.15, -0.1) is 12.4 Å². The summed E-state index contributed by atoms with van der Waals surface area (Å²) in [5.41, 5.74) is 0. The molecule has 3 fully saturated rings. The van der Waals surface area contributed by atoms with E-state index in [4.69, 9.17) is 0 Å². The molecule has 0 spiro atoms. The number of aliphatic hydroxyl groups is 1. The molecule has 1 aliphatic heterocycles. The molecule has 0 amide bonds. The minimum Gasteiger partial charge on any atom is -0.391 e. The summed E-state index contributed by atoms with van der Waals surface area (Å²) in [6, 6.07) is 0. The van der Waals surface area contributed by atoms with Crippen molar-refractivity contribution in [2.24, 2.45) is 23.7 Å². The maximum Gasteiger partial charge on any atom is 0.0716 e. The Hall–Kier alpha value is 0.170. The highest BCUT2D eigenvalue weighted by Gasteiger charge is 2.39. The fourth-order valence-corrected chi connectivity index (χ4v) is 4.01. The summed E-state index contributed by atoms with van der Waals surface area (Å²) in [7, 11) is 0. The number of aliphatic hydroxyl groups excluding tert-OH is 1. The van der Waals surface area contributed by atoms with E-state index in [1.807, 2.05) is 0 Å². The van der Waals surface area contributed by atoms with Gasteiger partial charge in [0.2, 0.25) is 0 Å². The van der Waals surface area contributed by atoms with Crippen LogP contribution in [0.1, 0.15) is 25.7 Å². The van der Waals surface area contributed by atoms with Crippen LogP contribution < -0.4 is 10.6 Å². The van der Waals surface area contributed by atoms with Gasteiger partial charge in [0.05, 0.1) is 6.10 Å². The van der Waals surface area contributed by atoms with E-state index in [2.05, 4.69) is 10.6 Å². The summed E-state index contributed by atoms with van der Waals surface area (Å²) < 4.78 is 0. The van der Waals surface area contributed by atoms with Gasteiger partial charge in [0.15, 0.2) is 0 Å². The van der Waals surface area contributed by atoms with Crippen molar-refractivity contribution in [1.82, 2.24) is 10.6 Å². The molecule has 3 aliphatic rings. The average molecular weight is 261 g/mol. The van der Waals surface area contributed by atoms with Crippen LogP contribution in [0.5, 0.6) is 0 Å². The Balaban J connectivity index is 0.00000108. The van der Waals surface area contributed by atoms with Crippen LogP contribution in [0, 0.1) is 23.7 Å². The van der Waals surface area contributed by atoms with Crippen molar-refractivity contribution >= 4 is 12.4 Å². The van der Waals surface area contributed by atoms with Crippen LogP contribution >= 0.6 is 12.4 Å². The molecule has 3 nitrogen and oxygen atoms in total. The Kier molecular flexibility index (Phi) is 4.70. The second-order valence-corrected chi connectivity index (χ2v) is 6.08. The highest BCUT2D eigenvalue weighted by atomic mass is 35.5. The van der Waals surface area contributed by atoms with E-state index < -0.39 is 0 Å². The fourth-order valence-electron chi connectivity index (χ4n) is 4.01. The lowest BCUT2D eigenvalue weighted by molar-refractivity contribution is 0.145. The van der Waals surface area contributed by atoms with Gasteiger partial charge in [-0.1, -0.05) is 6.42 Å². The van der Waals surface area contributed by atoms with Crippen LogP contribution in [0.4, 0.5) is 0 Å². The second-order valence-electron chi connectivity index (χ2n) is 6.08. The first-order valence-corrected chi connectivity index (χ1v) is 6.92. The van der Waals surface area contributed by atoms with Crippen LogP contribution in [-0.4, -0.2) is 37.4 Å². The molecule has 1 saturated heterocycles. The Morgan fingerprint density at radius 1 is 1.06 bits per heavy atom. The largest absolute Gasteiger partial charge is 0.391 e. The van der Waals surface area contributed by atoms with Crippen LogP contribution in [0.3, 0.4) is 0 Å². The predicted octanol–water partition coefficient (Wildman–Crippen LogP) is 1.01. The first kappa shape index (κ1) is 13.6. The number of nitrogens with one attached hydrogen (secondary N) is 2. The number of β-amino-alcohol motifs (C(OH)–C–C–N with tert-alkyl or cyclic N) is 1. The topological polar surface area (TPSA) is 44.3 Å². The molecule has 4 heteroatoms. The van der Waals surface area contributed by atoms with Crippen LogP contribution in [0.15, 0.2) is 0 Å². The van der Waals surface area contributed by atoms with Gasteiger partial charge in [-0.2, -0.15) is 0 Å². The highest BCUT2D eigenvalue weighted by molar-refractivity contribution is 5.85. The molecule has 0 radical (unpaired) electrons. The summed E-state index contributed by atoms with van der Waals surface area (Å²) >= 11 is 0. The van der Waals surface area contributed by atoms with Crippen molar-refractivity contribution in [3.05, 3.63) is 0 Å². The molecule has 1 heterocycles. The third-order valence-electron chi connectivity index (χ3n) is 5.00. The smallest absolute Gasteiger partial charge is 0.0716 e. The third-order valence-corrected chi connectivity index (χ3v) is 5.00. The van der Waals surface area contributed by atoms with Gasteiger partial charge in [0, 0.05) is 25.6 Å². The van der Waals surface area contributed by atoms with Crippen molar-refractivity contribution in [3.63, 3.8) is 0 Å². The third kappa shape index (κ3) is 2.95. The van der Waals surface area contributed by atoms with Gasteiger partial charge in [-0.05, 0) is 43.6 Å². The highest BCUT2D eigenvalue weighted by Crippen LogP contribution is 2.47. The van der Waals surface area contributed by atoms with Crippen LogP contribution in [0.25, 0.3) is 0 Å². The van der Waals surface area contributed by atoms with E-state index in [1.165, 1.54) is 32.2 Å². The van der Waals surface area contributed by atoms with Gasteiger partial charge >= 0.3 is 0 Å². The maximum absolute atomic E-state index is 9.68. The second kappa shape index (κ2) is 5.87. The molecule has 17 heavy (non-hydrogen) atoms. The van der Waals surface area contributed by atoms with Gasteiger partial charge < -0.3 is 15.7 Å². The van der Waals surface area contributed by atoms with Crippen molar-refractivity contribution < 1.29 is 5.11 Å². The van der Waals surface area contributed by atoms with Gasteiger partial charge in [-0.25, -0.2) is 0 Å². The van der Waals surface area contributed by atoms with E-state index in [9.17, 15) is 5.11 Å². The SMILES string of the molecule is Cl.OC1CNCC1CNCC1CC2CCC1C2. The molecule has 100 valence electrons. The van der Waals surface area contributed by atoms with Crippen LogP contribution in [-0.2, 0) is 0 Å². The van der Waals surface area contributed by atoms with E-state index in [0.717, 1.165) is 37.4 Å². The normalized spacial score (nSPS) is 43.9. The van der Waals surface area contributed by atoms with Crippen molar-refractivity contribution in [3.8, 4) is 0 Å². The first-order valence-electron chi connectivity index (χ1n) is 6.92. The van der Waals surface area contributed by atoms with E-state index in [-0.39, 0.29) is 18.5 Å². The van der Waals surface area contributed by atoms with E-state index >= 15 is 0 Å². The van der Waals surface area contributed by atoms with Crippen molar-refractivity contribution in [2.75, 3.05) is 26.2 Å². The molecule has 2 bridgehead atoms. The van der Waals surface area contributed by atoms with E-state index in [1.54, 1.807) is 0 Å². The Labute approximate surface area is 110 Å². The number of hydrogen-bond acceptors (Lipinski definition) is 3. The number of halogens is 1.